The minimum atomic E-state index is -0.434. The fraction of sp³-hybridized carbons (Fsp3) is 0.550. The molecule has 0 unspecified atom stereocenters. The number of esters is 1. The van der Waals surface area contributed by atoms with Crippen LogP contribution in [0.1, 0.15) is 49.9 Å². The largest absolute Gasteiger partial charge is 0.465 e. The number of rotatable bonds is 6. The Balaban J connectivity index is 1.91. The molecular formula is C20H28N2O4. The predicted octanol–water partition coefficient (Wildman–Crippen LogP) is 3.09. The lowest BCUT2D eigenvalue weighted by Gasteiger charge is -2.30. The van der Waals surface area contributed by atoms with Crippen LogP contribution in [-0.2, 0) is 14.3 Å². The Hall–Kier alpha value is -2.37. The van der Waals surface area contributed by atoms with E-state index in [4.69, 9.17) is 4.74 Å². The third-order valence-electron chi connectivity index (χ3n) is 5.07. The second-order valence-electron chi connectivity index (χ2n) is 6.62. The van der Waals surface area contributed by atoms with E-state index in [0.29, 0.717) is 24.1 Å². The van der Waals surface area contributed by atoms with Gasteiger partial charge in [-0.2, -0.15) is 0 Å². The summed E-state index contributed by atoms with van der Waals surface area (Å²) in [7, 11) is 1.32. The third-order valence-corrected chi connectivity index (χ3v) is 5.07. The van der Waals surface area contributed by atoms with Gasteiger partial charge in [0.05, 0.1) is 12.7 Å². The maximum absolute atomic E-state index is 12.5. The van der Waals surface area contributed by atoms with Crippen molar-refractivity contribution >= 4 is 23.5 Å². The molecule has 142 valence electrons. The Labute approximate surface area is 154 Å². The average Bonchev–Trinajstić information content (AvgIpc) is 2.68. The maximum Gasteiger partial charge on any atom is 0.337 e. The Kier molecular flexibility index (Phi) is 7.18. The first-order chi connectivity index (χ1) is 12.5. The zero-order chi connectivity index (χ0) is 19.1. The van der Waals surface area contributed by atoms with Gasteiger partial charge in [-0.1, -0.05) is 6.07 Å². The van der Waals surface area contributed by atoms with Gasteiger partial charge in [0.25, 0.3) is 0 Å². The molecule has 0 heterocycles. The number of benzene rings is 1. The van der Waals surface area contributed by atoms with E-state index in [-0.39, 0.29) is 23.7 Å². The lowest BCUT2D eigenvalue weighted by Crippen LogP contribution is -2.38. The number of methoxy groups -OCH3 is 1. The molecule has 1 aromatic carbocycles. The molecule has 1 fully saturated rings. The Morgan fingerprint density at radius 1 is 1.08 bits per heavy atom. The maximum atomic E-state index is 12.5. The van der Waals surface area contributed by atoms with E-state index < -0.39 is 5.97 Å². The van der Waals surface area contributed by atoms with Gasteiger partial charge in [-0.25, -0.2) is 4.79 Å². The van der Waals surface area contributed by atoms with Gasteiger partial charge in [0.2, 0.25) is 11.8 Å². The van der Waals surface area contributed by atoms with E-state index >= 15 is 0 Å². The number of hydrogen-bond acceptors (Lipinski definition) is 4. The highest BCUT2D eigenvalue weighted by Crippen LogP contribution is 2.31. The second-order valence-corrected chi connectivity index (χ2v) is 6.62. The van der Waals surface area contributed by atoms with E-state index in [0.717, 1.165) is 25.9 Å². The van der Waals surface area contributed by atoms with Crippen LogP contribution < -0.4 is 5.32 Å². The summed E-state index contributed by atoms with van der Waals surface area (Å²) in [5.41, 5.74) is 0.984. The van der Waals surface area contributed by atoms with E-state index in [2.05, 4.69) is 5.32 Å². The first-order valence-electron chi connectivity index (χ1n) is 9.28. The number of amides is 2. The SMILES string of the molecule is CCN(CC)C(=O)C1CCC(C(=O)Nc2cccc(C(=O)OC)c2)CC1. The molecule has 6 heteroatoms. The number of nitrogens with zero attached hydrogens (tertiary/aromatic N) is 1. The van der Waals surface area contributed by atoms with Crippen molar-refractivity contribution in [3.8, 4) is 0 Å². The molecule has 26 heavy (non-hydrogen) atoms. The number of carbonyl (C=O) groups is 3. The van der Waals surface area contributed by atoms with Crippen molar-refractivity contribution in [2.75, 3.05) is 25.5 Å². The van der Waals surface area contributed by atoms with Gasteiger partial charge in [0, 0.05) is 30.6 Å². The summed E-state index contributed by atoms with van der Waals surface area (Å²) in [6.45, 7) is 5.43. The molecule has 0 atom stereocenters. The van der Waals surface area contributed by atoms with Crippen LogP contribution in [0.3, 0.4) is 0 Å². The zero-order valence-corrected chi connectivity index (χ0v) is 15.8. The van der Waals surface area contributed by atoms with Gasteiger partial charge in [-0.15, -0.1) is 0 Å². The monoisotopic (exact) mass is 360 g/mol. The first kappa shape index (κ1) is 19.9. The van der Waals surface area contributed by atoms with Crippen LogP contribution in [0, 0.1) is 11.8 Å². The van der Waals surface area contributed by atoms with Crippen molar-refractivity contribution in [2.24, 2.45) is 11.8 Å². The lowest BCUT2D eigenvalue weighted by molar-refractivity contribution is -0.137. The molecule has 1 aromatic rings. The standard InChI is InChI=1S/C20H28N2O4/c1-4-22(5-2)19(24)15-11-9-14(10-12-15)18(23)21-17-8-6-7-16(13-17)20(25)26-3/h6-8,13-15H,4-5,9-12H2,1-3H3,(H,21,23). The fourth-order valence-electron chi connectivity index (χ4n) is 3.48. The van der Waals surface area contributed by atoms with Crippen LogP contribution in [0.2, 0.25) is 0 Å². The van der Waals surface area contributed by atoms with Crippen molar-refractivity contribution in [3.63, 3.8) is 0 Å². The topological polar surface area (TPSA) is 75.7 Å². The summed E-state index contributed by atoms with van der Waals surface area (Å²) >= 11 is 0. The van der Waals surface area contributed by atoms with Crippen LogP contribution in [0.15, 0.2) is 24.3 Å². The highest BCUT2D eigenvalue weighted by Gasteiger charge is 2.31. The Bertz CT molecular complexity index is 647. The first-order valence-corrected chi connectivity index (χ1v) is 9.28. The molecule has 1 N–H and O–H groups in total. The highest BCUT2D eigenvalue weighted by atomic mass is 16.5. The van der Waals surface area contributed by atoms with Gasteiger partial charge in [0.15, 0.2) is 0 Å². The summed E-state index contributed by atoms with van der Waals surface area (Å²) in [5, 5.41) is 2.88. The van der Waals surface area contributed by atoms with Crippen LogP contribution >= 0.6 is 0 Å². The van der Waals surface area contributed by atoms with E-state index in [9.17, 15) is 14.4 Å². The smallest absolute Gasteiger partial charge is 0.337 e. The molecule has 0 aromatic heterocycles. The number of nitrogens with one attached hydrogen (secondary N) is 1. The number of hydrogen-bond donors (Lipinski definition) is 1. The van der Waals surface area contributed by atoms with Crippen LogP contribution in [0.25, 0.3) is 0 Å². The Morgan fingerprint density at radius 3 is 2.27 bits per heavy atom. The summed E-state index contributed by atoms with van der Waals surface area (Å²) in [4.78, 5) is 38.4. The van der Waals surface area contributed by atoms with Gasteiger partial charge in [-0.05, 0) is 57.7 Å². The minimum absolute atomic E-state index is 0.0293. The van der Waals surface area contributed by atoms with Gasteiger partial charge in [-0.3, -0.25) is 9.59 Å². The minimum Gasteiger partial charge on any atom is -0.465 e. The van der Waals surface area contributed by atoms with Crippen molar-refractivity contribution < 1.29 is 19.1 Å². The molecule has 1 aliphatic carbocycles. The summed E-state index contributed by atoms with van der Waals surface area (Å²) in [6.07, 6.45) is 2.91. The van der Waals surface area contributed by atoms with E-state index in [1.54, 1.807) is 24.3 Å². The summed E-state index contributed by atoms with van der Waals surface area (Å²) in [6, 6.07) is 6.71. The average molecular weight is 360 g/mol. The molecule has 0 bridgehead atoms. The van der Waals surface area contributed by atoms with Crippen molar-refractivity contribution in [1.82, 2.24) is 4.90 Å². The Morgan fingerprint density at radius 2 is 1.69 bits per heavy atom. The normalized spacial score (nSPS) is 19.5. The summed E-state index contributed by atoms with van der Waals surface area (Å²) in [5.74, 6) is -0.351. The fourth-order valence-corrected chi connectivity index (χ4v) is 3.48. The molecular weight excluding hydrogens is 332 g/mol. The number of ether oxygens (including phenoxy) is 1. The molecule has 0 spiro atoms. The molecule has 0 saturated heterocycles. The molecule has 1 saturated carbocycles. The van der Waals surface area contributed by atoms with Gasteiger partial charge < -0.3 is 15.0 Å². The van der Waals surface area contributed by atoms with Crippen molar-refractivity contribution in [1.29, 1.82) is 0 Å². The third kappa shape index (κ3) is 4.84. The molecule has 1 aliphatic rings. The van der Waals surface area contributed by atoms with Crippen LogP contribution in [-0.4, -0.2) is 42.9 Å². The number of anilines is 1. The zero-order valence-electron chi connectivity index (χ0n) is 15.8. The van der Waals surface area contributed by atoms with E-state index in [1.165, 1.54) is 7.11 Å². The predicted molar refractivity (Wildman–Crippen MR) is 99.8 cm³/mol. The van der Waals surface area contributed by atoms with Gasteiger partial charge >= 0.3 is 5.97 Å². The molecule has 0 radical (unpaired) electrons. The molecule has 0 aliphatic heterocycles. The van der Waals surface area contributed by atoms with Crippen molar-refractivity contribution in [3.05, 3.63) is 29.8 Å². The summed E-state index contributed by atoms with van der Waals surface area (Å²) < 4.78 is 4.70. The molecule has 2 rings (SSSR count). The highest BCUT2D eigenvalue weighted by molar-refractivity contribution is 5.95. The number of carbonyl (C=O) groups excluding carboxylic acids is 3. The lowest BCUT2D eigenvalue weighted by atomic mass is 9.81. The van der Waals surface area contributed by atoms with Gasteiger partial charge in [0.1, 0.15) is 0 Å². The van der Waals surface area contributed by atoms with Crippen LogP contribution in [0.4, 0.5) is 5.69 Å². The molecule has 6 nitrogen and oxygen atoms in total. The second kappa shape index (κ2) is 9.36. The van der Waals surface area contributed by atoms with Crippen molar-refractivity contribution in [2.45, 2.75) is 39.5 Å². The quantitative estimate of drug-likeness (QED) is 0.791. The van der Waals surface area contributed by atoms with Crippen LogP contribution in [0.5, 0.6) is 0 Å². The van der Waals surface area contributed by atoms with E-state index in [1.807, 2.05) is 18.7 Å². The molecule has 2 amide bonds.